The average molecular weight is 672 g/mol. The number of amides is 2. The van der Waals surface area contributed by atoms with Gasteiger partial charge in [-0.1, -0.05) is 18.2 Å². The summed E-state index contributed by atoms with van der Waals surface area (Å²) < 4.78 is 17.7. The first kappa shape index (κ1) is 37.0. The summed E-state index contributed by atoms with van der Waals surface area (Å²) in [6.45, 7) is 8.35. The van der Waals surface area contributed by atoms with E-state index in [9.17, 15) is 14.4 Å². The van der Waals surface area contributed by atoms with Crippen molar-refractivity contribution in [1.29, 1.82) is 0 Å². The number of para-hydroxylation sites is 1. The third kappa shape index (κ3) is 10.1. The van der Waals surface area contributed by atoms with Crippen molar-refractivity contribution in [3.05, 3.63) is 83.1 Å². The highest BCUT2D eigenvalue weighted by Crippen LogP contribution is 2.32. The van der Waals surface area contributed by atoms with E-state index >= 15 is 0 Å². The van der Waals surface area contributed by atoms with Crippen LogP contribution in [0.5, 0.6) is 17.2 Å². The Labute approximate surface area is 289 Å². The number of ether oxygens (including phenoxy) is 3. The number of piperazine rings is 1. The minimum atomic E-state index is -0.371. The van der Waals surface area contributed by atoms with Gasteiger partial charge in [-0.3, -0.25) is 9.59 Å². The third-order valence-electron chi connectivity index (χ3n) is 8.58. The molecule has 11 heteroatoms. The number of likely N-dealkylation sites (N-methyl/N-ethyl adjacent to an activating group) is 1. The number of benzene rings is 3. The molecular formula is C38H49N5O6. The first-order chi connectivity index (χ1) is 23.6. The van der Waals surface area contributed by atoms with Crippen molar-refractivity contribution in [3.8, 4) is 17.2 Å². The number of unbranched alkanes of at least 4 members (excludes halogenated alkanes) is 1. The molecule has 1 heterocycles. The van der Waals surface area contributed by atoms with E-state index in [1.165, 1.54) is 7.11 Å². The number of nitrogens with zero attached hydrogens (tertiary/aromatic N) is 3. The molecule has 1 aliphatic heterocycles. The number of methoxy groups -OCH3 is 1. The van der Waals surface area contributed by atoms with Crippen LogP contribution in [0.3, 0.4) is 0 Å². The number of hydrogen-bond donors (Lipinski definition) is 2. The molecule has 2 amide bonds. The number of allylic oxidation sites excluding steroid dienone is 1. The smallest absolute Gasteiger partial charge is 0.259 e. The zero-order valence-electron chi connectivity index (χ0n) is 29.3. The predicted octanol–water partition coefficient (Wildman–Crippen LogP) is 5.16. The SMILES string of the molecule is COc1cc(C(=O)N(C)c2ccc(C)cc2OCCCCC(=C=O)N2CCN(C)CC2)ccc1NC(=O)c1ccccc1OC(C)CCN. The Morgan fingerprint density at radius 3 is 2.47 bits per heavy atom. The molecule has 0 aromatic heterocycles. The van der Waals surface area contributed by atoms with Crippen LogP contribution in [0.1, 0.15) is 58.9 Å². The van der Waals surface area contributed by atoms with Gasteiger partial charge in [-0.2, -0.15) is 0 Å². The van der Waals surface area contributed by atoms with Gasteiger partial charge in [0.05, 0.1) is 42.5 Å². The molecule has 1 atom stereocenters. The molecule has 1 fully saturated rings. The summed E-state index contributed by atoms with van der Waals surface area (Å²) in [6.07, 6.45) is 2.70. The van der Waals surface area contributed by atoms with Crippen LogP contribution in [0.25, 0.3) is 0 Å². The minimum Gasteiger partial charge on any atom is -0.495 e. The quantitative estimate of drug-likeness (QED) is 0.157. The van der Waals surface area contributed by atoms with Gasteiger partial charge in [0.2, 0.25) is 0 Å². The summed E-state index contributed by atoms with van der Waals surface area (Å²) in [5.41, 5.74) is 9.17. The highest BCUT2D eigenvalue weighted by atomic mass is 16.5. The number of nitrogens with one attached hydrogen (secondary N) is 1. The van der Waals surface area contributed by atoms with Crippen LogP contribution in [-0.2, 0) is 4.79 Å². The van der Waals surface area contributed by atoms with Crippen molar-refractivity contribution < 1.29 is 28.6 Å². The lowest BCUT2D eigenvalue weighted by Gasteiger charge is -2.34. The Balaban J connectivity index is 1.40. The van der Waals surface area contributed by atoms with E-state index in [1.807, 2.05) is 38.1 Å². The maximum absolute atomic E-state index is 13.7. The van der Waals surface area contributed by atoms with Crippen LogP contribution in [0, 0.1) is 6.92 Å². The van der Waals surface area contributed by atoms with Gasteiger partial charge in [-0.05, 0) is 101 Å². The first-order valence-electron chi connectivity index (χ1n) is 16.8. The van der Waals surface area contributed by atoms with Crippen molar-refractivity contribution in [2.45, 2.75) is 45.6 Å². The summed E-state index contributed by atoms with van der Waals surface area (Å²) in [5.74, 6) is 2.89. The van der Waals surface area contributed by atoms with Gasteiger partial charge in [0.15, 0.2) is 0 Å². The van der Waals surface area contributed by atoms with Gasteiger partial charge in [-0.15, -0.1) is 0 Å². The van der Waals surface area contributed by atoms with E-state index in [2.05, 4.69) is 28.1 Å². The molecule has 3 aromatic carbocycles. The summed E-state index contributed by atoms with van der Waals surface area (Å²) >= 11 is 0. The van der Waals surface area contributed by atoms with Gasteiger partial charge >= 0.3 is 0 Å². The lowest BCUT2D eigenvalue weighted by atomic mass is 10.1. The molecule has 3 aromatic rings. The largest absolute Gasteiger partial charge is 0.495 e. The molecule has 0 saturated carbocycles. The number of carbonyl (C=O) groups is 2. The van der Waals surface area contributed by atoms with E-state index < -0.39 is 0 Å². The summed E-state index contributed by atoms with van der Waals surface area (Å²) in [6, 6.07) is 17.6. The molecule has 1 aliphatic rings. The molecule has 0 spiro atoms. The molecule has 0 aliphatic carbocycles. The van der Waals surface area contributed by atoms with Crippen LogP contribution in [-0.4, -0.2) is 94.2 Å². The van der Waals surface area contributed by atoms with Crippen LogP contribution >= 0.6 is 0 Å². The molecule has 11 nitrogen and oxygen atoms in total. The fraction of sp³-hybridized carbons (Fsp3) is 0.421. The van der Waals surface area contributed by atoms with Crippen LogP contribution in [0.2, 0.25) is 0 Å². The van der Waals surface area contributed by atoms with E-state index in [1.54, 1.807) is 48.3 Å². The van der Waals surface area contributed by atoms with Crippen molar-refractivity contribution in [2.75, 3.05) is 70.8 Å². The first-order valence-corrected chi connectivity index (χ1v) is 16.8. The lowest BCUT2D eigenvalue weighted by molar-refractivity contribution is 0.0990. The standard InChI is InChI=1S/C38H49N5O6/c1-27-13-16-33(36(24-27)48-23-9-8-10-30(26-44)43-21-19-41(3)20-22-43)42(4)38(46)29-14-15-32(35(25-29)47-5)40-37(45)31-11-6-7-12-34(31)49-28(2)17-18-39/h6-7,11-16,24-25,28H,8-10,17-23,39H2,1-5H3,(H,40,45). The molecular weight excluding hydrogens is 622 g/mol. The molecule has 4 rings (SSSR count). The Kier molecular flexibility index (Phi) is 13.6. The number of carbonyl (C=O) groups excluding carboxylic acids is 3. The Bertz CT molecular complexity index is 1630. The van der Waals surface area contributed by atoms with E-state index in [4.69, 9.17) is 19.9 Å². The number of nitrogens with two attached hydrogens (primary N) is 1. The topological polar surface area (TPSA) is 127 Å². The van der Waals surface area contributed by atoms with Gasteiger partial charge in [0.25, 0.3) is 11.8 Å². The van der Waals surface area contributed by atoms with Gasteiger partial charge in [0.1, 0.15) is 23.2 Å². The second-order valence-corrected chi connectivity index (χ2v) is 12.4. The lowest BCUT2D eigenvalue weighted by Crippen LogP contribution is -2.44. The molecule has 1 saturated heterocycles. The Hall–Kier alpha value is -4.83. The molecule has 0 radical (unpaired) electrons. The Morgan fingerprint density at radius 2 is 1.76 bits per heavy atom. The monoisotopic (exact) mass is 671 g/mol. The summed E-state index contributed by atoms with van der Waals surface area (Å²) in [4.78, 5) is 44.6. The second kappa shape index (κ2) is 18.1. The van der Waals surface area contributed by atoms with Crippen molar-refractivity contribution in [1.82, 2.24) is 9.80 Å². The molecule has 1 unspecified atom stereocenters. The van der Waals surface area contributed by atoms with Crippen LogP contribution in [0.15, 0.2) is 66.4 Å². The van der Waals surface area contributed by atoms with Gasteiger partial charge < -0.3 is 40.0 Å². The highest BCUT2D eigenvalue weighted by molar-refractivity contribution is 6.09. The third-order valence-corrected chi connectivity index (χ3v) is 8.58. The van der Waals surface area contributed by atoms with Crippen molar-refractivity contribution in [3.63, 3.8) is 0 Å². The maximum atomic E-state index is 13.7. The van der Waals surface area contributed by atoms with Crippen LogP contribution in [0.4, 0.5) is 11.4 Å². The predicted molar refractivity (Wildman–Crippen MR) is 193 cm³/mol. The molecule has 3 N–H and O–H groups in total. The van der Waals surface area contributed by atoms with E-state index in [0.717, 1.165) is 50.3 Å². The number of anilines is 2. The molecule has 0 bridgehead atoms. The fourth-order valence-electron chi connectivity index (χ4n) is 5.63. The second-order valence-electron chi connectivity index (χ2n) is 12.4. The number of aryl methyl sites for hydroxylation is 1. The van der Waals surface area contributed by atoms with E-state index in [-0.39, 0.29) is 17.9 Å². The summed E-state index contributed by atoms with van der Waals surface area (Å²) in [7, 11) is 5.27. The normalized spacial score (nSPS) is 13.6. The average Bonchev–Trinajstić information content (AvgIpc) is 3.10. The zero-order chi connectivity index (χ0) is 35.3. The number of hydrogen-bond acceptors (Lipinski definition) is 9. The van der Waals surface area contributed by atoms with Crippen LogP contribution < -0.4 is 30.2 Å². The minimum absolute atomic E-state index is 0.151. The molecule has 49 heavy (non-hydrogen) atoms. The Morgan fingerprint density at radius 1 is 1.00 bits per heavy atom. The van der Waals surface area contributed by atoms with Crippen molar-refractivity contribution >= 4 is 29.1 Å². The fourth-order valence-corrected chi connectivity index (χ4v) is 5.63. The maximum Gasteiger partial charge on any atom is 0.259 e. The van der Waals surface area contributed by atoms with Crippen molar-refractivity contribution in [2.24, 2.45) is 5.73 Å². The molecule has 262 valence electrons. The highest BCUT2D eigenvalue weighted by Gasteiger charge is 2.22. The zero-order valence-corrected chi connectivity index (χ0v) is 29.3. The van der Waals surface area contributed by atoms with Gasteiger partial charge in [-0.25, -0.2) is 4.79 Å². The summed E-state index contributed by atoms with van der Waals surface area (Å²) in [5, 5.41) is 2.89. The van der Waals surface area contributed by atoms with Gasteiger partial charge in [0, 0.05) is 38.8 Å². The van der Waals surface area contributed by atoms with E-state index in [0.29, 0.717) is 65.7 Å². The number of rotatable bonds is 16.